The van der Waals surface area contributed by atoms with E-state index in [9.17, 15) is 9.50 Å². The van der Waals surface area contributed by atoms with E-state index in [4.69, 9.17) is 0 Å². The Morgan fingerprint density at radius 2 is 2.00 bits per heavy atom. The quantitative estimate of drug-likeness (QED) is 0.846. The summed E-state index contributed by atoms with van der Waals surface area (Å²) in [6, 6.07) is 3.47. The smallest absolute Gasteiger partial charge is 0.126 e. The highest BCUT2D eigenvalue weighted by molar-refractivity contribution is 5.56. The van der Waals surface area contributed by atoms with Crippen LogP contribution in [0.2, 0.25) is 0 Å². The van der Waals surface area contributed by atoms with Crippen molar-refractivity contribution < 1.29 is 9.50 Å². The first kappa shape index (κ1) is 14.9. The van der Waals surface area contributed by atoms with Crippen molar-refractivity contribution in [2.24, 2.45) is 0 Å². The second-order valence-corrected chi connectivity index (χ2v) is 4.90. The zero-order chi connectivity index (χ0) is 13.9. The van der Waals surface area contributed by atoms with Gasteiger partial charge in [-0.2, -0.15) is 0 Å². The summed E-state index contributed by atoms with van der Waals surface area (Å²) in [7, 11) is 3.76. The van der Waals surface area contributed by atoms with Crippen LogP contribution in [-0.4, -0.2) is 31.9 Å². The number of anilines is 1. The molecule has 3 nitrogen and oxygen atoms in total. The van der Waals surface area contributed by atoms with E-state index in [1.54, 1.807) is 19.9 Å². The van der Waals surface area contributed by atoms with Crippen molar-refractivity contribution in [1.82, 2.24) is 5.32 Å². The fourth-order valence-corrected chi connectivity index (χ4v) is 2.01. The number of aliphatic hydroxyl groups is 1. The third-order valence-corrected chi connectivity index (χ3v) is 3.16. The van der Waals surface area contributed by atoms with Gasteiger partial charge in [-0.15, -0.1) is 0 Å². The van der Waals surface area contributed by atoms with Crippen LogP contribution in [-0.2, 0) is 0 Å². The number of halogens is 1. The molecule has 0 saturated carbocycles. The van der Waals surface area contributed by atoms with Gasteiger partial charge in [0.2, 0.25) is 0 Å². The lowest BCUT2D eigenvalue weighted by molar-refractivity contribution is 0.201. The van der Waals surface area contributed by atoms with Crippen LogP contribution in [0.3, 0.4) is 0 Å². The second kappa shape index (κ2) is 6.16. The van der Waals surface area contributed by atoms with E-state index in [0.29, 0.717) is 12.1 Å². The van der Waals surface area contributed by atoms with E-state index in [1.165, 1.54) is 0 Å². The Labute approximate surface area is 109 Å². The highest BCUT2D eigenvalue weighted by Gasteiger charge is 2.16. The van der Waals surface area contributed by atoms with E-state index >= 15 is 0 Å². The van der Waals surface area contributed by atoms with Gasteiger partial charge in [0.25, 0.3) is 0 Å². The maximum absolute atomic E-state index is 13.7. The fourth-order valence-electron chi connectivity index (χ4n) is 2.01. The Morgan fingerprint density at radius 3 is 2.50 bits per heavy atom. The number of rotatable bonds is 5. The van der Waals surface area contributed by atoms with Crippen LogP contribution >= 0.6 is 0 Å². The van der Waals surface area contributed by atoms with Crippen molar-refractivity contribution in [3.05, 3.63) is 29.1 Å². The van der Waals surface area contributed by atoms with E-state index in [1.807, 2.05) is 32.0 Å². The number of aliphatic hydroxyl groups excluding tert-OH is 1. The Balaban J connectivity index is 3.18. The molecule has 0 radical (unpaired) electrons. The number of hydrogen-bond acceptors (Lipinski definition) is 3. The molecule has 0 amide bonds. The first-order valence-electron chi connectivity index (χ1n) is 6.23. The molecule has 1 rings (SSSR count). The summed E-state index contributed by atoms with van der Waals surface area (Å²) >= 11 is 0. The van der Waals surface area contributed by atoms with Gasteiger partial charge in [-0.1, -0.05) is 0 Å². The molecule has 0 fully saturated rings. The molecule has 1 aromatic rings. The summed E-state index contributed by atoms with van der Waals surface area (Å²) < 4.78 is 13.7. The fraction of sp³-hybridized carbons (Fsp3) is 0.571. The zero-order valence-electron chi connectivity index (χ0n) is 11.8. The van der Waals surface area contributed by atoms with Gasteiger partial charge in [-0.05, 0) is 51.1 Å². The maximum Gasteiger partial charge on any atom is 0.126 e. The van der Waals surface area contributed by atoms with Crippen molar-refractivity contribution in [2.75, 3.05) is 25.5 Å². The van der Waals surface area contributed by atoms with Gasteiger partial charge in [0.1, 0.15) is 5.82 Å². The number of benzene rings is 1. The maximum atomic E-state index is 13.7. The molecule has 4 heteroatoms. The molecule has 2 N–H and O–H groups in total. The summed E-state index contributed by atoms with van der Waals surface area (Å²) in [5, 5.41) is 12.6. The molecule has 0 bridgehead atoms. The molecule has 0 aliphatic rings. The Kier molecular flexibility index (Phi) is 5.11. The van der Waals surface area contributed by atoms with Crippen molar-refractivity contribution in [3.63, 3.8) is 0 Å². The minimum atomic E-state index is -0.418. The van der Waals surface area contributed by atoms with Gasteiger partial charge in [0.15, 0.2) is 0 Å². The van der Waals surface area contributed by atoms with E-state index in [0.717, 1.165) is 11.3 Å². The highest BCUT2D eigenvalue weighted by atomic mass is 19.1. The number of nitrogens with one attached hydrogen (secondary N) is 1. The van der Waals surface area contributed by atoms with Crippen LogP contribution in [0.4, 0.5) is 10.1 Å². The van der Waals surface area contributed by atoms with Crippen LogP contribution in [0, 0.1) is 12.7 Å². The zero-order valence-corrected chi connectivity index (χ0v) is 11.8. The first-order chi connectivity index (χ1) is 8.36. The van der Waals surface area contributed by atoms with Crippen LogP contribution < -0.4 is 10.2 Å². The summed E-state index contributed by atoms with van der Waals surface area (Å²) in [5.74, 6) is -0.193. The van der Waals surface area contributed by atoms with Crippen molar-refractivity contribution in [3.8, 4) is 0 Å². The number of aryl methyl sites for hydroxylation is 1. The molecule has 0 aromatic heterocycles. The summed E-state index contributed by atoms with van der Waals surface area (Å²) in [6.07, 6.45) is -0.418. The van der Waals surface area contributed by atoms with Crippen molar-refractivity contribution in [2.45, 2.75) is 32.9 Å². The van der Waals surface area contributed by atoms with E-state index in [-0.39, 0.29) is 11.9 Å². The summed E-state index contributed by atoms with van der Waals surface area (Å²) in [5.41, 5.74) is 2.48. The molecule has 2 atom stereocenters. The van der Waals surface area contributed by atoms with Crippen LogP contribution in [0.1, 0.15) is 31.0 Å². The molecule has 0 aliphatic carbocycles. The van der Waals surface area contributed by atoms with Crippen LogP contribution in [0.15, 0.2) is 12.1 Å². The molecule has 2 unspecified atom stereocenters. The predicted octanol–water partition coefficient (Wildman–Crippen LogP) is 2.23. The minimum absolute atomic E-state index is 0.0616. The standard InChI is InChI=1S/C14H23FN2O/c1-9-6-14(17(5)8-10(2)18)12(7-13(9)15)11(3)16-4/h6-7,10-11,16,18H,8H2,1-5H3. The predicted molar refractivity (Wildman–Crippen MR) is 73.6 cm³/mol. The molecule has 0 saturated heterocycles. The molecular weight excluding hydrogens is 231 g/mol. The SMILES string of the molecule is CNC(C)c1cc(F)c(C)cc1N(C)CC(C)O. The third kappa shape index (κ3) is 3.43. The van der Waals surface area contributed by atoms with Gasteiger partial charge < -0.3 is 15.3 Å². The molecule has 18 heavy (non-hydrogen) atoms. The number of nitrogens with zero attached hydrogens (tertiary/aromatic N) is 1. The highest BCUT2D eigenvalue weighted by Crippen LogP contribution is 2.28. The average molecular weight is 254 g/mol. The van der Waals surface area contributed by atoms with Gasteiger partial charge >= 0.3 is 0 Å². The largest absolute Gasteiger partial charge is 0.392 e. The normalized spacial score (nSPS) is 14.4. The monoisotopic (exact) mass is 254 g/mol. The molecule has 0 aliphatic heterocycles. The Bertz CT molecular complexity index is 407. The molecule has 0 heterocycles. The number of likely N-dealkylation sites (N-methyl/N-ethyl adjacent to an activating group) is 1. The Morgan fingerprint density at radius 1 is 1.39 bits per heavy atom. The van der Waals surface area contributed by atoms with Crippen LogP contribution in [0.5, 0.6) is 0 Å². The minimum Gasteiger partial charge on any atom is -0.392 e. The Hall–Kier alpha value is -1.13. The van der Waals surface area contributed by atoms with E-state index < -0.39 is 6.10 Å². The lowest BCUT2D eigenvalue weighted by atomic mass is 10.0. The molecule has 1 aromatic carbocycles. The van der Waals surface area contributed by atoms with E-state index in [2.05, 4.69) is 5.32 Å². The molecule has 102 valence electrons. The van der Waals surface area contributed by atoms with Gasteiger partial charge in [0.05, 0.1) is 6.10 Å². The second-order valence-electron chi connectivity index (χ2n) is 4.90. The summed E-state index contributed by atoms with van der Waals surface area (Å²) in [4.78, 5) is 1.96. The molecular formula is C14H23FN2O. The third-order valence-electron chi connectivity index (χ3n) is 3.16. The van der Waals surface area contributed by atoms with Crippen molar-refractivity contribution in [1.29, 1.82) is 0 Å². The van der Waals surface area contributed by atoms with Gasteiger partial charge in [-0.25, -0.2) is 4.39 Å². The summed E-state index contributed by atoms with van der Waals surface area (Å²) in [6.45, 7) is 6.01. The van der Waals surface area contributed by atoms with Gasteiger partial charge in [0, 0.05) is 25.3 Å². The number of hydrogen-bond donors (Lipinski definition) is 2. The molecule has 0 spiro atoms. The van der Waals surface area contributed by atoms with Crippen LogP contribution in [0.25, 0.3) is 0 Å². The van der Waals surface area contributed by atoms with Gasteiger partial charge in [-0.3, -0.25) is 0 Å². The lowest BCUT2D eigenvalue weighted by Gasteiger charge is -2.26. The topological polar surface area (TPSA) is 35.5 Å². The lowest BCUT2D eigenvalue weighted by Crippen LogP contribution is -2.29. The van der Waals surface area contributed by atoms with Crippen molar-refractivity contribution >= 4 is 5.69 Å². The average Bonchev–Trinajstić information content (AvgIpc) is 2.30. The first-order valence-corrected chi connectivity index (χ1v) is 6.23.